The fourth-order valence-electron chi connectivity index (χ4n) is 1.67. The minimum Gasteiger partial charge on any atom is -0.458 e. The van der Waals surface area contributed by atoms with E-state index < -0.39 is 0 Å². The first-order chi connectivity index (χ1) is 8.69. The molecule has 0 aliphatic heterocycles. The molecule has 2 aromatic heterocycles. The largest absolute Gasteiger partial charge is 0.458 e. The van der Waals surface area contributed by atoms with E-state index in [9.17, 15) is 0 Å². The summed E-state index contributed by atoms with van der Waals surface area (Å²) in [4.78, 5) is 4.24. The summed E-state index contributed by atoms with van der Waals surface area (Å²) in [5.74, 6) is 3.71. The summed E-state index contributed by atoms with van der Waals surface area (Å²) in [7, 11) is 0. The molecule has 2 rings (SSSR count). The van der Waals surface area contributed by atoms with Crippen molar-refractivity contribution >= 4 is 0 Å². The molecule has 1 N–H and O–H groups in total. The van der Waals surface area contributed by atoms with Crippen LogP contribution in [0.15, 0.2) is 27.2 Å². The quantitative estimate of drug-likeness (QED) is 0.852. The minimum absolute atomic E-state index is 0.622. The lowest BCUT2D eigenvalue weighted by Gasteiger charge is -2.03. The summed E-state index contributed by atoms with van der Waals surface area (Å²) in [6, 6.07) is 3.89. The van der Waals surface area contributed by atoms with Crippen molar-refractivity contribution < 1.29 is 8.83 Å². The van der Waals surface area contributed by atoms with Crippen LogP contribution in [0.3, 0.4) is 0 Å². The van der Waals surface area contributed by atoms with Gasteiger partial charge in [-0.15, -0.1) is 0 Å². The van der Waals surface area contributed by atoms with Crippen LogP contribution in [0.25, 0.3) is 11.5 Å². The predicted octanol–water partition coefficient (Wildman–Crippen LogP) is 3.24. The highest BCUT2D eigenvalue weighted by atomic mass is 16.4. The average Bonchev–Trinajstić information content (AvgIpc) is 2.95. The van der Waals surface area contributed by atoms with Gasteiger partial charge in [0.05, 0.1) is 12.7 Å². The van der Waals surface area contributed by atoms with Crippen molar-refractivity contribution in [1.29, 1.82) is 0 Å². The third kappa shape index (κ3) is 3.23. The molecule has 0 aliphatic rings. The van der Waals surface area contributed by atoms with Crippen molar-refractivity contribution in [3.05, 3.63) is 30.0 Å². The van der Waals surface area contributed by atoms with Crippen LogP contribution < -0.4 is 5.32 Å². The van der Waals surface area contributed by atoms with Gasteiger partial charge < -0.3 is 14.2 Å². The maximum absolute atomic E-state index is 5.64. The molecule has 4 heteroatoms. The number of aryl methyl sites for hydroxylation is 1. The molecule has 0 radical (unpaired) electrons. The Morgan fingerprint density at radius 3 is 2.72 bits per heavy atom. The van der Waals surface area contributed by atoms with Gasteiger partial charge in [0.15, 0.2) is 11.5 Å². The van der Waals surface area contributed by atoms with Gasteiger partial charge in [0.25, 0.3) is 0 Å². The molecule has 2 heterocycles. The van der Waals surface area contributed by atoms with E-state index in [0.29, 0.717) is 24.1 Å². The smallest absolute Gasteiger partial charge is 0.209 e. The second-order valence-electron chi connectivity index (χ2n) is 4.76. The number of aromatic nitrogens is 1. The number of furan rings is 1. The summed E-state index contributed by atoms with van der Waals surface area (Å²) in [5.41, 5.74) is 0. The topological polar surface area (TPSA) is 51.2 Å². The van der Waals surface area contributed by atoms with Crippen molar-refractivity contribution in [3.8, 4) is 11.5 Å². The highest BCUT2D eigenvalue weighted by molar-refractivity contribution is 5.48. The van der Waals surface area contributed by atoms with Crippen molar-refractivity contribution in [2.45, 2.75) is 33.7 Å². The lowest BCUT2D eigenvalue weighted by molar-refractivity contribution is 0.443. The lowest BCUT2D eigenvalue weighted by Crippen LogP contribution is -2.18. The number of nitrogens with zero attached hydrogens (tertiary/aromatic N) is 1. The van der Waals surface area contributed by atoms with Gasteiger partial charge >= 0.3 is 0 Å². The molecule has 0 bridgehead atoms. The van der Waals surface area contributed by atoms with Gasteiger partial charge in [0, 0.05) is 6.42 Å². The summed E-state index contributed by atoms with van der Waals surface area (Å²) < 4.78 is 11.3. The first-order valence-electron chi connectivity index (χ1n) is 6.43. The van der Waals surface area contributed by atoms with Crippen molar-refractivity contribution in [3.63, 3.8) is 0 Å². The van der Waals surface area contributed by atoms with Crippen LogP contribution in [-0.2, 0) is 13.0 Å². The Labute approximate surface area is 107 Å². The van der Waals surface area contributed by atoms with Gasteiger partial charge in [0.2, 0.25) is 5.89 Å². The number of hydrogen-bond donors (Lipinski definition) is 1. The van der Waals surface area contributed by atoms with Gasteiger partial charge in [-0.2, -0.15) is 0 Å². The number of hydrogen-bond acceptors (Lipinski definition) is 4. The zero-order chi connectivity index (χ0) is 13.0. The molecule has 0 amide bonds. The fraction of sp³-hybridized carbons (Fsp3) is 0.500. The molecule has 0 aliphatic carbocycles. The van der Waals surface area contributed by atoms with E-state index in [1.54, 1.807) is 6.20 Å². The normalized spacial score (nSPS) is 11.3. The Morgan fingerprint density at radius 1 is 1.22 bits per heavy atom. The molecule has 2 aromatic rings. The maximum atomic E-state index is 5.64. The average molecular weight is 248 g/mol. The van der Waals surface area contributed by atoms with Crippen LogP contribution in [0.4, 0.5) is 0 Å². The lowest BCUT2D eigenvalue weighted by atomic mass is 10.2. The van der Waals surface area contributed by atoms with Crippen LogP contribution in [0.2, 0.25) is 0 Å². The van der Waals surface area contributed by atoms with Crippen molar-refractivity contribution in [2.75, 3.05) is 6.54 Å². The molecular weight excluding hydrogens is 228 g/mol. The van der Waals surface area contributed by atoms with Crippen molar-refractivity contribution in [1.82, 2.24) is 10.3 Å². The summed E-state index contributed by atoms with van der Waals surface area (Å²) >= 11 is 0. The number of rotatable bonds is 6. The number of oxazole rings is 1. The monoisotopic (exact) mass is 248 g/mol. The zero-order valence-electron chi connectivity index (χ0n) is 11.2. The van der Waals surface area contributed by atoms with E-state index in [4.69, 9.17) is 8.83 Å². The zero-order valence-corrected chi connectivity index (χ0v) is 11.2. The third-order valence-electron chi connectivity index (χ3n) is 2.64. The van der Waals surface area contributed by atoms with E-state index in [1.807, 2.05) is 12.1 Å². The van der Waals surface area contributed by atoms with Crippen LogP contribution in [-0.4, -0.2) is 11.5 Å². The summed E-state index contributed by atoms with van der Waals surface area (Å²) in [6.07, 6.45) is 2.60. The molecule has 18 heavy (non-hydrogen) atoms. The van der Waals surface area contributed by atoms with Crippen LogP contribution in [0.1, 0.15) is 32.4 Å². The molecule has 0 spiro atoms. The first-order valence-corrected chi connectivity index (χ1v) is 6.43. The van der Waals surface area contributed by atoms with Crippen molar-refractivity contribution in [2.24, 2.45) is 5.92 Å². The predicted molar refractivity (Wildman–Crippen MR) is 70.1 cm³/mol. The maximum Gasteiger partial charge on any atom is 0.209 e. The third-order valence-corrected chi connectivity index (χ3v) is 2.64. The highest BCUT2D eigenvalue weighted by Crippen LogP contribution is 2.23. The molecule has 4 nitrogen and oxygen atoms in total. The fourth-order valence-corrected chi connectivity index (χ4v) is 1.67. The van der Waals surface area contributed by atoms with Crippen LogP contribution in [0, 0.1) is 5.92 Å². The standard InChI is InChI=1S/C14H20N2O2/c1-4-11-5-6-12(17-11)13-8-16-14(18-13)9-15-7-10(2)3/h5-6,8,10,15H,4,7,9H2,1-3H3. The second-order valence-corrected chi connectivity index (χ2v) is 4.76. The van der Waals surface area contributed by atoms with E-state index in [-0.39, 0.29) is 0 Å². The van der Waals surface area contributed by atoms with Gasteiger partial charge in [0.1, 0.15) is 5.76 Å². The molecule has 0 atom stereocenters. The Bertz CT molecular complexity index is 485. The SMILES string of the molecule is CCc1ccc(-c2cnc(CNCC(C)C)o2)o1. The molecular formula is C14H20N2O2. The van der Waals surface area contributed by atoms with Gasteiger partial charge in [-0.1, -0.05) is 20.8 Å². The van der Waals surface area contributed by atoms with E-state index in [2.05, 4.69) is 31.1 Å². The Kier molecular flexibility index (Phi) is 4.20. The summed E-state index contributed by atoms with van der Waals surface area (Å²) in [5, 5.41) is 3.30. The van der Waals surface area contributed by atoms with Gasteiger partial charge in [-0.05, 0) is 24.6 Å². The molecule has 0 saturated carbocycles. The van der Waals surface area contributed by atoms with E-state index in [1.165, 1.54) is 0 Å². The molecule has 0 unspecified atom stereocenters. The van der Waals surface area contributed by atoms with E-state index in [0.717, 1.165) is 24.5 Å². The van der Waals surface area contributed by atoms with Gasteiger partial charge in [-0.3, -0.25) is 0 Å². The molecule has 0 saturated heterocycles. The van der Waals surface area contributed by atoms with Gasteiger partial charge in [-0.25, -0.2) is 4.98 Å². The summed E-state index contributed by atoms with van der Waals surface area (Å²) in [6.45, 7) is 8.01. The first kappa shape index (κ1) is 12.9. The van der Waals surface area contributed by atoms with Crippen LogP contribution in [0.5, 0.6) is 0 Å². The second kappa shape index (κ2) is 5.87. The highest BCUT2D eigenvalue weighted by Gasteiger charge is 2.10. The van der Waals surface area contributed by atoms with Crippen LogP contribution >= 0.6 is 0 Å². The Hall–Kier alpha value is -1.55. The molecule has 0 fully saturated rings. The molecule has 98 valence electrons. The minimum atomic E-state index is 0.622. The van der Waals surface area contributed by atoms with E-state index >= 15 is 0 Å². The Morgan fingerprint density at radius 2 is 2.06 bits per heavy atom. The Balaban J connectivity index is 1.97. The molecule has 0 aromatic carbocycles. The number of nitrogens with one attached hydrogen (secondary N) is 1.